The fraction of sp³-hybridized carbons (Fsp3) is 0.235. The van der Waals surface area contributed by atoms with E-state index < -0.39 is 0 Å². The number of urea groups is 1. The molecule has 0 heterocycles. The number of hydrogen-bond acceptors (Lipinski definition) is 3. The smallest absolute Gasteiger partial charge is 0.317 e. The van der Waals surface area contributed by atoms with Gasteiger partial charge in [0.2, 0.25) is 0 Å². The topological polar surface area (TPSA) is 59.6 Å². The first-order valence-electron chi connectivity index (χ1n) is 7.19. The van der Waals surface area contributed by atoms with Crippen LogP contribution in [0.1, 0.15) is 12.5 Å². The van der Waals surface area contributed by atoms with Gasteiger partial charge in [-0.3, -0.25) is 0 Å². The van der Waals surface area contributed by atoms with E-state index in [0.29, 0.717) is 18.9 Å². The minimum Gasteiger partial charge on any atom is -0.494 e. The molecule has 0 bridgehead atoms. The average molecular weight is 300 g/mol. The Kier molecular flexibility index (Phi) is 6.11. The number of amides is 2. The molecule has 2 amide bonds. The first-order valence-corrected chi connectivity index (χ1v) is 7.19. The number of nitrogens with one attached hydrogen (secondary N) is 2. The van der Waals surface area contributed by atoms with Gasteiger partial charge in [0.1, 0.15) is 11.5 Å². The van der Waals surface area contributed by atoms with Gasteiger partial charge in [0.05, 0.1) is 6.61 Å². The van der Waals surface area contributed by atoms with Gasteiger partial charge in [0, 0.05) is 6.54 Å². The van der Waals surface area contributed by atoms with E-state index in [2.05, 4.69) is 10.6 Å². The van der Waals surface area contributed by atoms with E-state index in [1.165, 1.54) is 0 Å². The Hall–Kier alpha value is -2.69. The molecule has 5 heteroatoms. The number of carbonyl (C=O) groups excluding carboxylic acids is 1. The van der Waals surface area contributed by atoms with Crippen molar-refractivity contribution in [3.63, 3.8) is 0 Å². The Morgan fingerprint density at radius 3 is 2.18 bits per heavy atom. The number of carbonyl (C=O) groups is 1. The van der Waals surface area contributed by atoms with Crippen LogP contribution in [-0.2, 0) is 6.54 Å². The Morgan fingerprint density at radius 2 is 1.55 bits per heavy atom. The van der Waals surface area contributed by atoms with Gasteiger partial charge in [0.15, 0.2) is 6.73 Å². The second kappa shape index (κ2) is 8.56. The lowest BCUT2D eigenvalue weighted by molar-refractivity contribution is 0.223. The first-order chi connectivity index (χ1) is 10.8. The maximum absolute atomic E-state index is 11.6. The monoisotopic (exact) mass is 300 g/mol. The zero-order chi connectivity index (χ0) is 15.6. The van der Waals surface area contributed by atoms with Gasteiger partial charge >= 0.3 is 6.03 Å². The first kappa shape index (κ1) is 15.7. The molecule has 2 aromatic carbocycles. The molecule has 0 aliphatic heterocycles. The third-order valence-corrected chi connectivity index (χ3v) is 2.90. The summed E-state index contributed by atoms with van der Waals surface area (Å²) in [6.45, 7) is 3.15. The van der Waals surface area contributed by atoms with Crippen molar-refractivity contribution in [2.45, 2.75) is 13.5 Å². The Labute approximate surface area is 130 Å². The van der Waals surface area contributed by atoms with Gasteiger partial charge in [-0.2, -0.15) is 0 Å². The van der Waals surface area contributed by atoms with Crippen LogP contribution in [0.3, 0.4) is 0 Å². The van der Waals surface area contributed by atoms with Crippen molar-refractivity contribution in [2.24, 2.45) is 0 Å². The maximum Gasteiger partial charge on any atom is 0.317 e. The molecule has 0 atom stereocenters. The van der Waals surface area contributed by atoms with Crippen LogP contribution in [-0.4, -0.2) is 19.4 Å². The Bertz CT molecular complexity index is 570. The lowest BCUT2D eigenvalue weighted by Gasteiger charge is -2.10. The predicted octanol–water partition coefficient (Wildman–Crippen LogP) is 2.92. The zero-order valence-electron chi connectivity index (χ0n) is 12.5. The van der Waals surface area contributed by atoms with Gasteiger partial charge < -0.3 is 20.1 Å². The molecule has 2 N–H and O–H groups in total. The van der Waals surface area contributed by atoms with Gasteiger partial charge in [-0.25, -0.2) is 4.79 Å². The lowest BCUT2D eigenvalue weighted by atomic mass is 10.2. The largest absolute Gasteiger partial charge is 0.494 e. The van der Waals surface area contributed by atoms with Crippen molar-refractivity contribution in [3.8, 4) is 11.5 Å². The summed E-state index contributed by atoms with van der Waals surface area (Å²) in [5, 5.41) is 5.40. The van der Waals surface area contributed by atoms with Crippen molar-refractivity contribution in [1.29, 1.82) is 0 Å². The molecule has 5 nitrogen and oxygen atoms in total. The van der Waals surface area contributed by atoms with Crippen LogP contribution in [0.15, 0.2) is 54.6 Å². The van der Waals surface area contributed by atoms with Crippen molar-refractivity contribution in [3.05, 3.63) is 60.2 Å². The number of hydrogen-bond donors (Lipinski definition) is 2. The van der Waals surface area contributed by atoms with Crippen molar-refractivity contribution >= 4 is 6.03 Å². The molecule has 22 heavy (non-hydrogen) atoms. The van der Waals surface area contributed by atoms with Crippen LogP contribution in [0.5, 0.6) is 11.5 Å². The summed E-state index contributed by atoms with van der Waals surface area (Å²) in [5.41, 5.74) is 1.05. The van der Waals surface area contributed by atoms with E-state index >= 15 is 0 Å². The molecule has 2 rings (SSSR count). The molecule has 2 aromatic rings. The predicted molar refractivity (Wildman–Crippen MR) is 84.9 cm³/mol. The molecule has 0 fully saturated rings. The minimum absolute atomic E-state index is 0.106. The second-order valence-corrected chi connectivity index (χ2v) is 4.54. The minimum atomic E-state index is -0.269. The van der Waals surface area contributed by atoms with Gasteiger partial charge in [-0.15, -0.1) is 0 Å². The summed E-state index contributed by atoms with van der Waals surface area (Å²) in [6.07, 6.45) is 0. The third-order valence-electron chi connectivity index (χ3n) is 2.90. The van der Waals surface area contributed by atoms with Crippen LogP contribution in [0.2, 0.25) is 0 Å². The molecule has 0 aliphatic carbocycles. The molecule has 116 valence electrons. The fourth-order valence-electron chi connectivity index (χ4n) is 1.82. The zero-order valence-corrected chi connectivity index (χ0v) is 12.5. The molecule has 0 saturated carbocycles. The lowest BCUT2D eigenvalue weighted by Crippen LogP contribution is -2.37. The van der Waals surface area contributed by atoms with E-state index in [1.807, 2.05) is 49.4 Å². The highest BCUT2D eigenvalue weighted by molar-refractivity contribution is 5.73. The third kappa shape index (κ3) is 5.36. The molecular weight excluding hydrogens is 280 g/mol. The summed E-state index contributed by atoms with van der Waals surface area (Å²) in [4.78, 5) is 11.6. The Morgan fingerprint density at radius 1 is 0.909 bits per heavy atom. The SMILES string of the molecule is CCOc1ccc(OCNC(=O)NCc2ccccc2)cc1. The van der Waals surface area contributed by atoms with Crippen LogP contribution in [0.25, 0.3) is 0 Å². The highest BCUT2D eigenvalue weighted by Gasteiger charge is 2.00. The molecule has 0 spiro atoms. The molecule has 0 unspecified atom stereocenters. The van der Waals surface area contributed by atoms with Crippen LogP contribution < -0.4 is 20.1 Å². The summed E-state index contributed by atoms with van der Waals surface area (Å²) >= 11 is 0. The summed E-state index contributed by atoms with van der Waals surface area (Å²) in [5.74, 6) is 1.47. The van der Waals surface area contributed by atoms with Crippen molar-refractivity contribution in [2.75, 3.05) is 13.3 Å². The molecule has 0 saturated heterocycles. The van der Waals surface area contributed by atoms with E-state index in [4.69, 9.17) is 9.47 Å². The summed E-state index contributed by atoms with van der Waals surface area (Å²) < 4.78 is 10.8. The molecular formula is C17H20N2O3. The van der Waals surface area contributed by atoms with E-state index in [-0.39, 0.29) is 12.8 Å². The van der Waals surface area contributed by atoms with Crippen molar-refractivity contribution in [1.82, 2.24) is 10.6 Å². The Balaban J connectivity index is 1.66. The highest BCUT2D eigenvalue weighted by atomic mass is 16.5. The van der Waals surface area contributed by atoms with E-state index in [9.17, 15) is 4.79 Å². The average Bonchev–Trinajstić information content (AvgIpc) is 2.56. The summed E-state index contributed by atoms with van der Waals surface area (Å²) in [7, 11) is 0. The molecule has 0 aliphatic rings. The number of rotatable bonds is 7. The molecule has 0 radical (unpaired) electrons. The van der Waals surface area contributed by atoms with E-state index in [0.717, 1.165) is 11.3 Å². The standard InChI is InChI=1S/C17H20N2O3/c1-2-21-15-8-10-16(11-9-15)22-13-19-17(20)18-12-14-6-4-3-5-7-14/h3-11H,2,12-13H2,1H3,(H2,18,19,20). The van der Waals surface area contributed by atoms with E-state index in [1.54, 1.807) is 12.1 Å². The summed E-state index contributed by atoms with van der Waals surface area (Å²) in [6, 6.07) is 16.7. The van der Waals surface area contributed by atoms with Gasteiger partial charge in [0.25, 0.3) is 0 Å². The van der Waals surface area contributed by atoms with Crippen LogP contribution >= 0.6 is 0 Å². The van der Waals surface area contributed by atoms with Gasteiger partial charge in [-0.1, -0.05) is 30.3 Å². The van der Waals surface area contributed by atoms with Gasteiger partial charge in [-0.05, 0) is 36.8 Å². The quantitative estimate of drug-likeness (QED) is 0.773. The number of benzene rings is 2. The number of ether oxygens (including phenoxy) is 2. The molecule has 0 aromatic heterocycles. The highest BCUT2D eigenvalue weighted by Crippen LogP contribution is 2.17. The second-order valence-electron chi connectivity index (χ2n) is 4.54. The van der Waals surface area contributed by atoms with Crippen LogP contribution in [0.4, 0.5) is 4.79 Å². The maximum atomic E-state index is 11.6. The van der Waals surface area contributed by atoms with Crippen molar-refractivity contribution < 1.29 is 14.3 Å². The fourth-order valence-corrected chi connectivity index (χ4v) is 1.82. The normalized spacial score (nSPS) is 9.86. The van der Waals surface area contributed by atoms with Crippen LogP contribution in [0, 0.1) is 0 Å².